The van der Waals surface area contributed by atoms with Crippen LogP contribution in [0.25, 0.3) is 0 Å². The second-order valence-corrected chi connectivity index (χ2v) is 5.90. The Morgan fingerprint density at radius 1 is 1.57 bits per heavy atom. The van der Waals surface area contributed by atoms with E-state index >= 15 is 0 Å². The van der Waals surface area contributed by atoms with E-state index in [1.54, 1.807) is 0 Å². The van der Waals surface area contributed by atoms with Crippen LogP contribution in [0.1, 0.15) is 13.3 Å². The molecule has 0 aliphatic rings. The van der Waals surface area contributed by atoms with Gasteiger partial charge in [-0.2, -0.15) is 0 Å². The highest BCUT2D eigenvalue weighted by atomic mass is 31.2. The van der Waals surface area contributed by atoms with Gasteiger partial charge in [-0.15, -0.1) is 17.2 Å². The number of hydrogen-bond donors (Lipinski definition) is 0. The highest BCUT2D eigenvalue weighted by Gasteiger charge is 2.00. The summed E-state index contributed by atoms with van der Waals surface area (Å²) < 4.78 is 0. The van der Waals surface area contributed by atoms with E-state index in [0.717, 1.165) is 5.40 Å². The van der Waals surface area contributed by atoms with E-state index in [9.17, 15) is 0 Å². The summed E-state index contributed by atoms with van der Waals surface area (Å²) in [6, 6.07) is 0. The Morgan fingerprint density at radius 2 is 2.00 bits per heavy atom. The van der Waals surface area contributed by atoms with Crippen molar-refractivity contribution in [3.05, 3.63) is 0 Å². The maximum atomic E-state index is 2.88. The lowest BCUT2D eigenvalue weighted by molar-refractivity contribution is 1.05. The van der Waals surface area contributed by atoms with Crippen LogP contribution in [0.3, 0.4) is 0 Å². The molecule has 0 aromatic heterocycles. The topological polar surface area (TPSA) is 0 Å². The molecule has 0 aromatic rings. The summed E-state index contributed by atoms with van der Waals surface area (Å²) in [7, 11) is 3.18. The second kappa shape index (κ2) is 3.81. The molecule has 0 spiro atoms. The monoisotopic (exact) mass is 136 g/mol. The van der Waals surface area contributed by atoms with Crippen molar-refractivity contribution in [2.75, 3.05) is 13.3 Å². The predicted octanol–water partition coefficient (Wildman–Crippen LogP) is 2.34. The lowest BCUT2D eigenvalue weighted by atomic mass is 10.6. The molecule has 0 nitrogen and oxygen atoms in total. The highest BCUT2D eigenvalue weighted by Crippen LogP contribution is 2.38. The van der Waals surface area contributed by atoms with Gasteiger partial charge in [-0.25, -0.2) is 0 Å². The number of hydrogen-bond acceptors (Lipinski definition) is 0. The van der Waals surface area contributed by atoms with Crippen molar-refractivity contribution >= 4 is 17.2 Å². The third-order valence-corrected chi connectivity index (χ3v) is 5.03. The first kappa shape index (κ1) is 7.86. The molecule has 7 heavy (non-hydrogen) atoms. The van der Waals surface area contributed by atoms with Gasteiger partial charge >= 0.3 is 0 Å². The van der Waals surface area contributed by atoms with Crippen LogP contribution in [0, 0.1) is 0 Å². The molecule has 0 bridgehead atoms. The molecule has 0 radical (unpaired) electrons. The lowest BCUT2D eigenvalue weighted by Gasteiger charge is -2.11. The van der Waals surface area contributed by atoms with Crippen molar-refractivity contribution in [3.63, 3.8) is 0 Å². The van der Waals surface area contributed by atoms with Gasteiger partial charge in [0.2, 0.25) is 0 Å². The van der Waals surface area contributed by atoms with Crippen LogP contribution < -0.4 is 0 Å². The Kier molecular flexibility index (Phi) is 4.28. The quantitative estimate of drug-likeness (QED) is 0.511. The van der Waals surface area contributed by atoms with Crippen LogP contribution >= 0.6 is 17.2 Å². The summed E-state index contributed by atoms with van der Waals surface area (Å²) in [4.78, 5) is 0. The molecule has 0 aromatic carbocycles. The minimum atomic E-state index is 0.301. The van der Waals surface area contributed by atoms with Crippen LogP contribution in [0.5, 0.6) is 0 Å². The zero-order valence-electron chi connectivity index (χ0n) is 5.31. The molecule has 0 aliphatic heterocycles. The Balaban J connectivity index is 3.14. The molecule has 2 atom stereocenters. The van der Waals surface area contributed by atoms with Gasteiger partial charge in [-0.1, -0.05) is 6.92 Å². The molecule has 0 aliphatic carbocycles. The fourth-order valence-corrected chi connectivity index (χ4v) is 1.10. The van der Waals surface area contributed by atoms with Crippen LogP contribution in [0.15, 0.2) is 0 Å². The van der Waals surface area contributed by atoms with Crippen molar-refractivity contribution in [3.8, 4) is 0 Å². The van der Waals surface area contributed by atoms with Gasteiger partial charge in [-0.3, -0.25) is 0 Å². The summed E-state index contributed by atoms with van der Waals surface area (Å²) in [5, 5.41) is 0.884. The van der Waals surface area contributed by atoms with Crippen molar-refractivity contribution in [1.82, 2.24) is 0 Å². The van der Waals surface area contributed by atoms with E-state index in [4.69, 9.17) is 0 Å². The van der Waals surface area contributed by atoms with Crippen LogP contribution in [-0.2, 0) is 0 Å². The van der Waals surface area contributed by atoms with Gasteiger partial charge < -0.3 is 0 Å². The van der Waals surface area contributed by atoms with Crippen LogP contribution in [0.2, 0.25) is 0 Å². The van der Waals surface area contributed by atoms with Gasteiger partial charge in [0.05, 0.1) is 0 Å². The summed E-state index contributed by atoms with van der Waals surface area (Å²) >= 11 is 0. The van der Waals surface area contributed by atoms with Gasteiger partial charge in [-0.05, 0) is 25.2 Å². The zero-order chi connectivity index (χ0) is 5.86. The summed E-state index contributed by atoms with van der Waals surface area (Å²) in [5.41, 5.74) is 0. The lowest BCUT2D eigenvalue weighted by Crippen LogP contribution is -1.87. The molecule has 0 saturated carbocycles. The maximum Gasteiger partial charge on any atom is -0.00696 e. The Hall–Kier alpha value is 0.860. The first-order chi connectivity index (χ1) is 3.18. The molecule has 0 saturated heterocycles. The van der Waals surface area contributed by atoms with Gasteiger partial charge in [0, 0.05) is 0 Å². The largest absolute Gasteiger partial charge is 0.130 e. The Morgan fingerprint density at radius 3 is 2.00 bits per heavy atom. The van der Waals surface area contributed by atoms with Crippen molar-refractivity contribution < 1.29 is 0 Å². The average Bonchev–Trinajstić information content (AvgIpc) is 1.65. The third kappa shape index (κ3) is 3.44. The fourth-order valence-electron chi connectivity index (χ4n) is 0.365. The van der Waals surface area contributed by atoms with E-state index in [0.29, 0.717) is 7.92 Å². The SMILES string of the molecule is CCC(P)P(C)C. The van der Waals surface area contributed by atoms with Crippen molar-refractivity contribution in [2.45, 2.75) is 18.7 Å². The van der Waals surface area contributed by atoms with Crippen molar-refractivity contribution in [1.29, 1.82) is 0 Å². The van der Waals surface area contributed by atoms with Crippen molar-refractivity contribution in [2.24, 2.45) is 0 Å². The van der Waals surface area contributed by atoms with E-state index in [1.165, 1.54) is 6.42 Å². The summed E-state index contributed by atoms with van der Waals surface area (Å²) in [5.74, 6) is 0. The standard InChI is InChI=1S/C5H14P2/c1-4-5(6)7(2)3/h5H,4,6H2,1-3H3. The highest BCUT2D eigenvalue weighted by molar-refractivity contribution is 7.63. The van der Waals surface area contributed by atoms with Gasteiger partial charge in [0.25, 0.3) is 0 Å². The molecule has 0 amide bonds. The minimum Gasteiger partial charge on any atom is -0.130 e. The molecule has 0 heterocycles. The van der Waals surface area contributed by atoms with E-state index < -0.39 is 0 Å². The summed E-state index contributed by atoms with van der Waals surface area (Å²) in [6.07, 6.45) is 1.31. The smallest absolute Gasteiger partial charge is 0.00696 e. The van der Waals surface area contributed by atoms with Crippen LogP contribution in [0.4, 0.5) is 0 Å². The molecule has 0 rings (SSSR count). The van der Waals surface area contributed by atoms with E-state index in [-0.39, 0.29) is 0 Å². The third-order valence-electron chi connectivity index (χ3n) is 1.08. The second-order valence-electron chi connectivity index (χ2n) is 1.94. The van der Waals surface area contributed by atoms with Gasteiger partial charge in [0.1, 0.15) is 0 Å². The molecule has 44 valence electrons. The molecular weight excluding hydrogens is 122 g/mol. The zero-order valence-corrected chi connectivity index (χ0v) is 7.36. The van der Waals surface area contributed by atoms with E-state index in [2.05, 4.69) is 29.5 Å². The first-order valence-electron chi connectivity index (χ1n) is 2.60. The average molecular weight is 136 g/mol. The van der Waals surface area contributed by atoms with Gasteiger partial charge in [0.15, 0.2) is 0 Å². The molecule has 0 N–H and O–H groups in total. The fraction of sp³-hybridized carbons (Fsp3) is 1.00. The predicted molar refractivity (Wildman–Crippen MR) is 42.6 cm³/mol. The van der Waals surface area contributed by atoms with E-state index in [1.807, 2.05) is 0 Å². The Labute approximate surface area is 50.0 Å². The Bertz CT molecular complexity index is 43.3. The normalized spacial score (nSPS) is 15.0. The maximum absolute atomic E-state index is 2.88. The first-order valence-corrected chi connectivity index (χ1v) is 5.57. The molecule has 2 unspecified atom stereocenters. The molecule has 0 fully saturated rings. The molecule has 2 heteroatoms. The number of rotatable bonds is 2. The molecular formula is C5H14P2. The van der Waals surface area contributed by atoms with Crippen LogP contribution in [-0.4, -0.2) is 18.7 Å². The summed E-state index contributed by atoms with van der Waals surface area (Å²) in [6.45, 7) is 6.87. The minimum absolute atomic E-state index is 0.301.